The maximum atomic E-state index is 12.2. The second kappa shape index (κ2) is 5.22. The van der Waals surface area contributed by atoms with Gasteiger partial charge in [0.25, 0.3) is 0 Å². The fourth-order valence-electron chi connectivity index (χ4n) is 2.22. The van der Waals surface area contributed by atoms with Crippen molar-refractivity contribution in [3.05, 3.63) is 23.8 Å². The standard InChI is InChI=1S/C14H20N2OS/c1-3-10-5-6-11(9-12(10)15)16-13(17)14(2)7-4-8-18-14/h5-6,9H,3-4,7-8,15H2,1-2H3,(H,16,17). The third kappa shape index (κ3) is 2.64. The third-order valence-electron chi connectivity index (χ3n) is 3.48. The molecule has 2 rings (SSSR count). The second-order valence-corrected chi connectivity index (χ2v) is 6.50. The predicted octanol–water partition coefficient (Wildman–Crippen LogP) is 3.06. The van der Waals surface area contributed by atoms with E-state index in [1.54, 1.807) is 11.8 Å². The van der Waals surface area contributed by atoms with Crippen LogP contribution in [0.2, 0.25) is 0 Å². The van der Waals surface area contributed by atoms with Crippen LogP contribution < -0.4 is 11.1 Å². The van der Waals surface area contributed by atoms with Crippen molar-refractivity contribution in [2.24, 2.45) is 0 Å². The summed E-state index contributed by atoms with van der Waals surface area (Å²) < 4.78 is -0.280. The first-order chi connectivity index (χ1) is 8.55. The molecule has 0 aliphatic carbocycles. The van der Waals surface area contributed by atoms with Gasteiger partial charge in [0.15, 0.2) is 0 Å². The molecule has 0 radical (unpaired) electrons. The summed E-state index contributed by atoms with van der Waals surface area (Å²) in [7, 11) is 0. The van der Waals surface area contributed by atoms with Crippen LogP contribution in [0, 0.1) is 0 Å². The van der Waals surface area contributed by atoms with E-state index in [4.69, 9.17) is 5.73 Å². The molecule has 1 fully saturated rings. The highest BCUT2D eigenvalue weighted by atomic mass is 32.2. The summed E-state index contributed by atoms with van der Waals surface area (Å²) in [6, 6.07) is 5.75. The quantitative estimate of drug-likeness (QED) is 0.825. The average molecular weight is 264 g/mol. The molecule has 3 N–H and O–H groups in total. The number of hydrogen-bond donors (Lipinski definition) is 2. The Labute approximate surface area is 113 Å². The number of rotatable bonds is 3. The van der Waals surface area contributed by atoms with Crippen LogP contribution in [0.3, 0.4) is 0 Å². The minimum absolute atomic E-state index is 0.0913. The first kappa shape index (κ1) is 13.3. The molecule has 4 heteroatoms. The maximum absolute atomic E-state index is 12.2. The van der Waals surface area contributed by atoms with E-state index < -0.39 is 0 Å². The molecule has 18 heavy (non-hydrogen) atoms. The van der Waals surface area contributed by atoms with Crippen molar-refractivity contribution in [2.45, 2.75) is 37.9 Å². The largest absolute Gasteiger partial charge is 0.398 e. The number of carbonyl (C=O) groups excluding carboxylic acids is 1. The molecular formula is C14H20N2OS. The van der Waals surface area contributed by atoms with Crippen molar-refractivity contribution in [1.82, 2.24) is 0 Å². The number of thioether (sulfide) groups is 1. The van der Waals surface area contributed by atoms with Crippen LogP contribution >= 0.6 is 11.8 Å². The molecule has 1 heterocycles. The Kier molecular flexibility index (Phi) is 3.85. The zero-order valence-corrected chi connectivity index (χ0v) is 11.8. The van der Waals surface area contributed by atoms with Gasteiger partial charge < -0.3 is 11.1 Å². The molecule has 1 amide bonds. The molecule has 0 aromatic heterocycles. The maximum Gasteiger partial charge on any atom is 0.240 e. The monoisotopic (exact) mass is 264 g/mol. The summed E-state index contributed by atoms with van der Waals surface area (Å²) >= 11 is 1.74. The lowest BCUT2D eigenvalue weighted by atomic mass is 10.0. The smallest absolute Gasteiger partial charge is 0.240 e. The van der Waals surface area contributed by atoms with Crippen LogP contribution in [0.5, 0.6) is 0 Å². The molecule has 3 nitrogen and oxygen atoms in total. The van der Waals surface area contributed by atoms with Gasteiger partial charge in [0.05, 0.1) is 4.75 Å². The van der Waals surface area contributed by atoms with Gasteiger partial charge in [0, 0.05) is 11.4 Å². The van der Waals surface area contributed by atoms with E-state index in [2.05, 4.69) is 12.2 Å². The normalized spacial score (nSPS) is 23.0. The van der Waals surface area contributed by atoms with Gasteiger partial charge in [0.2, 0.25) is 5.91 Å². The van der Waals surface area contributed by atoms with Gasteiger partial charge in [-0.25, -0.2) is 0 Å². The number of nitrogens with two attached hydrogens (primary N) is 1. The molecule has 0 bridgehead atoms. The van der Waals surface area contributed by atoms with Crippen LogP contribution in [-0.2, 0) is 11.2 Å². The van der Waals surface area contributed by atoms with Gasteiger partial charge >= 0.3 is 0 Å². The van der Waals surface area contributed by atoms with E-state index in [9.17, 15) is 4.79 Å². The van der Waals surface area contributed by atoms with Crippen molar-refractivity contribution >= 4 is 29.0 Å². The number of anilines is 2. The minimum Gasteiger partial charge on any atom is -0.398 e. The van der Waals surface area contributed by atoms with Crippen molar-refractivity contribution < 1.29 is 4.79 Å². The molecule has 1 aliphatic rings. The van der Waals surface area contributed by atoms with E-state index in [0.29, 0.717) is 0 Å². The summed E-state index contributed by atoms with van der Waals surface area (Å²) in [5, 5.41) is 2.98. The van der Waals surface area contributed by atoms with E-state index in [1.807, 2.05) is 25.1 Å². The molecule has 1 unspecified atom stereocenters. The highest BCUT2D eigenvalue weighted by molar-refractivity contribution is 8.01. The van der Waals surface area contributed by atoms with E-state index in [0.717, 1.165) is 42.0 Å². The number of benzene rings is 1. The summed E-state index contributed by atoms with van der Waals surface area (Å²) in [5.41, 5.74) is 8.60. The van der Waals surface area contributed by atoms with Crippen LogP contribution in [0.1, 0.15) is 32.3 Å². The Morgan fingerprint density at radius 1 is 1.56 bits per heavy atom. The van der Waals surface area contributed by atoms with Gasteiger partial charge in [-0.1, -0.05) is 13.0 Å². The zero-order valence-electron chi connectivity index (χ0n) is 11.0. The lowest BCUT2D eigenvalue weighted by Crippen LogP contribution is -2.34. The zero-order chi connectivity index (χ0) is 13.2. The summed E-state index contributed by atoms with van der Waals surface area (Å²) in [6.45, 7) is 4.09. The topological polar surface area (TPSA) is 55.1 Å². The molecule has 98 valence electrons. The SMILES string of the molecule is CCc1ccc(NC(=O)C2(C)CCCS2)cc1N. The Bertz CT molecular complexity index is 453. The van der Waals surface area contributed by atoms with Crippen molar-refractivity contribution in [3.8, 4) is 0 Å². The van der Waals surface area contributed by atoms with E-state index >= 15 is 0 Å². The minimum atomic E-state index is -0.280. The van der Waals surface area contributed by atoms with Gasteiger partial charge in [0.1, 0.15) is 0 Å². The van der Waals surface area contributed by atoms with Gasteiger partial charge in [-0.05, 0) is 49.6 Å². The second-order valence-electron chi connectivity index (χ2n) is 4.90. The summed E-state index contributed by atoms with van der Waals surface area (Å²) in [6.07, 6.45) is 2.98. The Hall–Kier alpha value is -1.16. The van der Waals surface area contributed by atoms with Gasteiger partial charge in [-0.3, -0.25) is 4.79 Å². The third-order valence-corrected chi connectivity index (χ3v) is 5.00. The number of carbonyl (C=O) groups is 1. The fourth-order valence-corrected chi connectivity index (χ4v) is 3.43. The molecule has 0 spiro atoms. The molecule has 1 aliphatic heterocycles. The number of aryl methyl sites for hydroxylation is 1. The van der Waals surface area contributed by atoms with Crippen LogP contribution in [0.4, 0.5) is 11.4 Å². The van der Waals surface area contributed by atoms with Crippen molar-refractivity contribution in [2.75, 3.05) is 16.8 Å². The van der Waals surface area contributed by atoms with Crippen molar-refractivity contribution in [3.63, 3.8) is 0 Å². The number of amides is 1. The number of nitrogen functional groups attached to an aromatic ring is 1. The summed E-state index contributed by atoms with van der Waals surface area (Å²) in [5.74, 6) is 1.16. The highest BCUT2D eigenvalue weighted by Crippen LogP contribution is 2.38. The van der Waals surface area contributed by atoms with Crippen LogP contribution in [-0.4, -0.2) is 16.4 Å². The lowest BCUT2D eigenvalue weighted by molar-refractivity contribution is -0.118. The fraction of sp³-hybridized carbons (Fsp3) is 0.500. The first-order valence-electron chi connectivity index (χ1n) is 6.39. The van der Waals surface area contributed by atoms with Crippen LogP contribution in [0.25, 0.3) is 0 Å². The molecule has 1 aromatic rings. The molecule has 1 aromatic carbocycles. The first-order valence-corrected chi connectivity index (χ1v) is 7.37. The summed E-state index contributed by atoms with van der Waals surface area (Å²) in [4.78, 5) is 12.2. The van der Waals surface area contributed by atoms with Gasteiger partial charge in [-0.2, -0.15) is 0 Å². The average Bonchev–Trinajstić information content (AvgIpc) is 2.78. The van der Waals surface area contributed by atoms with E-state index in [1.165, 1.54) is 0 Å². The van der Waals surface area contributed by atoms with E-state index in [-0.39, 0.29) is 10.7 Å². The molecule has 1 atom stereocenters. The van der Waals surface area contributed by atoms with Gasteiger partial charge in [-0.15, -0.1) is 11.8 Å². The number of hydrogen-bond acceptors (Lipinski definition) is 3. The van der Waals surface area contributed by atoms with Crippen molar-refractivity contribution in [1.29, 1.82) is 0 Å². The molecular weight excluding hydrogens is 244 g/mol. The predicted molar refractivity (Wildman–Crippen MR) is 79.0 cm³/mol. The number of nitrogens with one attached hydrogen (secondary N) is 1. The van der Waals surface area contributed by atoms with Crippen LogP contribution in [0.15, 0.2) is 18.2 Å². The Morgan fingerprint density at radius 3 is 2.89 bits per heavy atom. The Balaban J connectivity index is 2.09. The molecule has 1 saturated heterocycles. The highest BCUT2D eigenvalue weighted by Gasteiger charge is 2.37. The Morgan fingerprint density at radius 2 is 2.33 bits per heavy atom. The molecule has 0 saturated carbocycles. The lowest BCUT2D eigenvalue weighted by Gasteiger charge is -2.21.